The summed E-state index contributed by atoms with van der Waals surface area (Å²) >= 11 is 3.63. The quantitative estimate of drug-likeness (QED) is 0.903. The predicted octanol–water partition coefficient (Wildman–Crippen LogP) is 4.24. The van der Waals surface area contributed by atoms with E-state index in [0.29, 0.717) is 5.92 Å². The van der Waals surface area contributed by atoms with Gasteiger partial charge in [0.05, 0.1) is 22.1 Å². The van der Waals surface area contributed by atoms with Crippen LogP contribution in [0.25, 0.3) is 5.69 Å². The molecular formula is C17H20BrN3. The molecule has 4 heteroatoms. The number of hydrogen-bond donors (Lipinski definition) is 1. The van der Waals surface area contributed by atoms with E-state index in [4.69, 9.17) is 5.73 Å². The van der Waals surface area contributed by atoms with Crippen molar-refractivity contribution in [2.24, 2.45) is 5.73 Å². The Hall–Kier alpha value is -1.13. The minimum atomic E-state index is -0.109. The van der Waals surface area contributed by atoms with E-state index in [1.807, 2.05) is 6.20 Å². The summed E-state index contributed by atoms with van der Waals surface area (Å²) in [6.45, 7) is 0. The highest BCUT2D eigenvalue weighted by Crippen LogP contribution is 2.44. The Morgan fingerprint density at radius 3 is 2.43 bits per heavy atom. The Balaban J connectivity index is 1.68. The van der Waals surface area contributed by atoms with Gasteiger partial charge in [-0.05, 0) is 59.3 Å². The average molecular weight is 346 g/mol. The highest BCUT2D eigenvalue weighted by molar-refractivity contribution is 9.10. The van der Waals surface area contributed by atoms with Crippen molar-refractivity contribution in [1.82, 2.24) is 9.78 Å². The van der Waals surface area contributed by atoms with Crippen LogP contribution in [0.4, 0.5) is 0 Å². The van der Waals surface area contributed by atoms with Gasteiger partial charge in [0.25, 0.3) is 0 Å². The molecule has 2 fully saturated rings. The summed E-state index contributed by atoms with van der Waals surface area (Å²) in [5, 5.41) is 4.53. The summed E-state index contributed by atoms with van der Waals surface area (Å²) in [7, 11) is 0. The maximum atomic E-state index is 6.53. The Labute approximate surface area is 133 Å². The van der Waals surface area contributed by atoms with Crippen molar-refractivity contribution in [2.75, 3.05) is 0 Å². The van der Waals surface area contributed by atoms with Gasteiger partial charge in [-0.1, -0.05) is 25.0 Å². The molecule has 2 aliphatic rings. The second kappa shape index (κ2) is 4.96. The number of hydrogen-bond acceptors (Lipinski definition) is 2. The molecule has 1 aromatic carbocycles. The van der Waals surface area contributed by atoms with Crippen LogP contribution >= 0.6 is 15.9 Å². The standard InChI is InChI=1S/C17H20BrN3/c18-15-11-20-21(16(15)12-3-4-12)14-7-5-13(6-8-14)17(19)9-1-2-10-17/h5-8,11-12H,1-4,9-10,19H2. The van der Waals surface area contributed by atoms with Gasteiger partial charge in [-0.2, -0.15) is 5.10 Å². The molecule has 3 nitrogen and oxygen atoms in total. The van der Waals surface area contributed by atoms with E-state index in [9.17, 15) is 0 Å². The van der Waals surface area contributed by atoms with Gasteiger partial charge in [-0.3, -0.25) is 0 Å². The van der Waals surface area contributed by atoms with Crippen LogP contribution < -0.4 is 5.73 Å². The average Bonchev–Trinajstić information content (AvgIpc) is 3.12. The van der Waals surface area contributed by atoms with Crippen molar-refractivity contribution in [1.29, 1.82) is 0 Å². The summed E-state index contributed by atoms with van der Waals surface area (Å²) in [5.74, 6) is 0.664. The monoisotopic (exact) mass is 345 g/mol. The molecule has 1 heterocycles. The topological polar surface area (TPSA) is 43.8 Å². The first kappa shape index (κ1) is 13.5. The van der Waals surface area contributed by atoms with Crippen LogP contribution in [0, 0.1) is 0 Å². The van der Waals surface area contributed by atoms with Crippen molar-refractivity contribution in [2.45, 2.75) is 50.0 Å². The van der Waals surface area contributed by atoms with Crippen LogP contribution in [-0.4, -0.2) is 9.78 Å². The third kappa shape index (κ3) is 2.34. The first-order valence-corrected chi connectivity index (χ1v) is 8.60. The fourth-order valence-electron chi connectivity index (χ4n) is 3.50. The van der Waals surface area contributed by atoms with Crippen LogP contribution in [0.1, 0.15) is 55.7 Å². The van der Waals surface area contributed by atoms with Crippen molar-refractivity contribution in [3.8, 4) is 5.69 Å². The highest BCUT2D eigenvalue weighted by atomic mass is 79.9. The third-order valence-electron chi connectivity index (χ3n) is 4.91. The zero-order chi connectivity index (χ0) is 14.4. The van der Waals surface area contributed by atoms with Gasteiger partial charge in [-0.15, -0.1) is 0 Å². The number of benzene rings is 1. The summed E-state index contributed by atoms with van der Waals surface area (Å²) in [5.41, 5.74) is 10.1. The molecular weight excluding hydrogens is 326 g/mol. The van der Waals surface area contributed by atoms with Crippen LogP contribution in [0.3, 0.4) is 0 Å². The number of nitrogens with zero attached hydrogens (tertiary/aromatic N) is 2. The predicted molar refractivity (Wildman–Crippen MR) is 87.6 cm³/mol. The smallest absolute Gasteiger partial charge is 0.0649 e. The zero-order valence-corrected chi connectivity index (χ0v) is 13.6. The van der Waals surface area contributed by atoms with Crippen LogP contribution in [-0.2, 0) is 5.54 Å². The number of nitrogens with two attached hydrogens (primary N) is 1. The molecule has 0 atom stereocenters. The molecule has 0 saturated heterocycles. The number of halogens is 1. The molecule has 0 bridgehead atoms. The Kier molecular flexibility index (Phi) is 3.19. The maximum Gasteiger partial charge on any atom is 0.0649 e. The summed E-state index contributed by atoms with van der Waals surface area (Å²) in [6.07, 6.45) is 9.15. The Bertz CT molecular complexity index is 649. The summed E-state index contributed by atoms with van der Waals surface area (Å²) in [6, 6.07) is 8.70. The van der Waals surface area contributed by atoms with Crippen molar-refractivity contribution >= 4 is 15.9 Å². The van der Waals surface area contributed by atoms with E-state index in [1.54, 1.807) is 0 Å². The van der Waals surface area contributed by atoms with Gasteiger partial charge < -0.3 is 5.73 Å². The molecule has 21 heavy (non-hydrogen) atoms. The SMILES string of the molecule is NC1(c2ccc(-n3ncc(Br)c3C3CC3)cc2)CCCC1. The lowest BCUT2D eigenvalue weighted by molar-refractivity contribution is 0.461. The summed E-state index contributed by atoms with van der Waals surface area (Å²) < 4.78 is 3.20. The molecule has 1 aromatic heterocycles. The van der Waals surface area contributed by atoms with E-state index in [-0.39, 0.29) is 5.54 Å². The Morgan fingerprint density at radius 1 is 1.14 bits per heavy atom. The van der Waals surface area contributed by atoms with E-state index in [2.05, 4.69) is 50.0 Å². The molecule has 0 amide bonds. The van der Waals surface area contributed by atoms with Crippen molar-refractivity contribution in [3.63, 3.8) is 0 Å². The van der Waals surface area contributed by atoms with E-state index < -0.39 is 0 Å². The zero-order valence-electron chi connectivity index (χ0n) is 12.1. The second-order valence-corrected chi connectivity index (χ2v) is 7.33. The molecule has 2 aliphatic carbocycles. The van der Waals surface area contributed by atoms with Gasteiger partial charge in [-0.25, -0.2) is 4.68 Å². The third-order valence-corrected chi connectivity index (χ3v) is 5.52. The molecule has 0 unspecified atom stereocenters. The second-order valence-electron chi connectivity index (χ2n) is 6.47. The minimum Gasteiger partial charge on any atom is -0.321 e. The van der Waals surface area contributed by atoms with E-state index in [0.717, 1.165) is 23.0 Å². The van der Waals surface area contributed by atoms with E-state index in [1.165, 1.54) is 36.9 Å². The molecule has 0 spiro atoms. The van der Waals surface area contributed by atoms with Gasteiger partial charge in [0.15, 0.2) is 0 Å². The fourth-order valence-corrected chi connectivity index (χ4v) is 4.08. The first-order chi connectivity index (χ1) is 10.2. The number of aromatic nitrogens is 2. The molecule has 2 aromatic rings. The Morgan fingerprint density at radius 2 is 1.81 bits per heavy atom. The molecule has 110 valence electrons. The lowest BCUT2D eigenvalue weighted by Crippen LogP contribution is -2.32. The van der Waals surface area contributed by atoms with Gasteiger partial charge in [0, 0.05) is 11.5 Å². The molecule has 4 rings (SSSR count). The largest absolute Gasteiger partial charge is 0.321 e. The van der Waals surface area contributed by atoms with Crippen LogP contribution in [0.5, 0.6) is 0 Å². The van der Waals surface area contributed by atoms with Crippen LogP contribution in [0.2, 0.25) is 0 Å². The minimum absolute atomic E-state index is 0.109. The normalized spacial score (nSPS) is 20.9. The van der Waals surface area contributed by atoms with E-state index >= 15 is 0 Å². The van der Waals surface area contributed by atoms with Gasteiger partial charge in [0.2, 0.25) is 0 Å². The molecule has 0 radical (unpaired) electrons. The van der Waals surface area contributed by atoms with Crippen LogP contribution in [0.15, 0.2) is 34.9 Å². The molecule has 0 aliphatic heterocycles. The lowest BCUT2D eigenvalue weighted by atomic mass is 9.89. The maximum absolute atomic E-state index is 6.53. The van der Waals surface area contributed by atoms with Crippen molar-refractivity contribution in [3.05, 3.63) is 46.2 Å². The highest BCUT2D eigenvalue weighted by Gasteiger charge is 2.32. The molecule has 2 N–H and O–H groups in total. The van der Waals surface area contributed by atoms with Crippen molar-refractivity contribution < 1.29 is 0 Å². The summed E-state index contributed by atoms with van der Waals surface area (Å²) in [4.78, 5) is 0. The van der Waals surface area contributed by atoms with Gasteiger partial charge in [0.1, 0.15) is 0 Å². The lowest BCUT2D eigenvalue weighted by Gasteiger charge is -2.24. The molecule has 2 saturated carbocycles. The number of rotatable bonds is 3. The fraction of sp³-hybridized carbons (Fsp3) is 0.471. The van der Waals surface area contributed by atoms with Gasteiger partial charge >= 0.3 is 0 Å². The first-order valence-electron chi connectivity index (χ1n) is 7.81.